The van der Waals surface area contributed by atoms with Crippen molar-refractivity contribution in [2.75, 3.05) is 7.11 Å². The third kappa shape index (κ3) is 6.69. The third-order valence-corrected chi connectivity index (χ3v) is 15.3. The van der Waals surface area contributed by atoms with Crippen molar-refractivity contribution in [2.45, 2.75) is 141 Å². The standard InChI is InChI=1S/C33H55NO5Si/c1-12-19-33-20-18-28(39-40(23(2)3,24(4)5)25(6)7)27(21-33)29(37-22-26-16-14-13-15-17-26)30(36-11)34(33)31(35)38-32(8,9)10/h12-17,23-25,27-30H,1,18-22H2,2-11H3/t27-,28+,29-,30?,33-/m0/s1. The summed E-state index contributed by atoms with van der Waals surface area (Å²) in [7, 11) is -0.479. The van der Waals surface area contributed by atoms with Crippen LogP contribution in [0.1, 0.15) is 93.6 Å². The van der Waals surface area contributed by atoms with Crippen LogP contribution >= 0.6 is 0 Å². The summed E-state index contributed by atoms with van der Waals surface area (Å²) in [6.07, 6.45) is 3.75. The topological polar surface area (TPSA) is 57.2 Å². The first-order chi connectivity index (χ1) is 18.7. The van der Waals surface area contributed by atoms with Gasteiger partial charge in [0.2, 0.25) is 8.32 Å². The van der Waals surface area contributed by atoms with Gasteiger partial charge in [0, 0.05) is 13.0 Å². The van der Waals surface area contributed by atoms with Crippen molar-refractivity contribution < 1.29 is 23.4 Å². The van der Waals surface area contributed by atoms with Crippen LogP contribution in [0.4, 0.5) is 4.79 Å². The smallest absolute Gasteiger partial charge is 0.412 e. The highest BCUT2D eigenvalue weighted by Gasteiger charge is 2.60. The van der Waals surface area contributed by atoms with E-state index in [1.165, 1.54) is 0 Å². The molecule has 3 rings (SSSR count). The Hall–Kier alpha value is -1.67. The summed E-state index contributed by atoms with van der Waals surface area (Å²) < 4.78 is 26.4. The molecule has 2 bridgehead atoms. The van der Waals surface area contributed by atoms with Crippen molar-refractivity contribution in [3.63, 3.8) is 0 Å². The van der Waals surface area contributed by atoms with Gasteiger partial charge in [0.1, 0.15) is 11.7 Å². The maximum absolute atomic E-state index is 13.9. The number of ether oxygens (including phenoxy) is 3. The molecule has 1 heterocycles. The lowest BCUT2D eigenvalue weighted by Gasteiger charge is -2.60. The number of fused-ring (bicyclic) bond motifs is 2. The summed E-state index contributed by atoms with van der Waals surface area (Å²) in [6, 6.07) is 10.2. The van der Waals surface area contributed by atoms with Gasteiger partial charge < -0.3 is 18.6 Å². The monoisotopic (exact) mass is 573 g/mol. The van der Waals surface area contributed by atoms with Gasteiger partial charge in [-0.15, -0.1) is 6.58 Å². The van der Waals surface area contributed by atoms with Crippen molar-refractivity contribution >= 4 is 14.4 Å². The van der Waals surface area contributed by atoms with Gasteiger partial charge in [-0.05, 0) is 68.6 Å². The number of rotatable bonds is 11. The number of nitrogens with zero attached hydrogens (tertiary/aromatic N) is 1. The van der Waals surface area contributed by atoms with E-state index in [0.717, 1.165) is 24.8 Å². The van der Waals surface area contributed by atoms with Crippen LogP contribution < -0.4 is 0 Å². The van der Waals surface area contributed by atoms with Crippen LogP contribution in [0.25, 0.3) is 0 Å². The maximum Gasteiger partial charge on any atom is 0.412 e. The van der Waals surface area contributed by atoms with E-state index in [1.807, 2.05) is 49.9 Å². The van der Waals surface area contributed by atoms with Gasteiger partial charge in [0.15, 0.2) is 6.23 Å². The molecule has 226 valence electrons. The first-order valence-electron chi connectivity index (χ1n) is 15.2. The molecule has 0 spiro atoms. The lowest BCUT2D eigenvalue weighted by atomic mass is 9.66. The average Bonchev–Trinajstić information content (AvgIpc) is 2.86. The van der Waals surface area contributed by atoms with Crippen molar-refractivity contribution in [2.24, 2.45) is 5.92 Å². The summed E-state index contributed by atoms with van der Waals surface area (Å²) in [6.45, 7) is 24.3. The lowest BCUT2D eigenvalue weighted by Crippen LogP contribution is -2.71. The predicted molar refractivity (Wildman–Crippen MR) is 165 cm³/mol. The number of carbonyl (C=O) groups excluding carboxylic acids is 1. The van der Waals surface area contributed by atoms with Crippen molar-refractivity contribution in [1.29, 1.82) is 0 Å². The van der Waals surface area contributed by atoms with E-state index in [9.17, 15) is 4.79 Å². The molecule has 7 heteroatoms. The summed E-state index contributed by atoms with van der Waals surface area (Å²) in [5.41, 5.74) is 1.45. The number of piperidine rings is 1. The number of hydrogen-bond acceptors (Lipinski definition) is 5. The van der Waals surface area contributed by atoms with E-state index >= 15 is 0 Å². The molecular weight excluding hydrogens is 518 g/mol. The Kier molecular flexibility index (Phi) is 10.8. The Morgan fingerprint density at radius 3 is 2.20 bits per heavy atom. The number of benzene rings is 1. The number of amides is 1. The van der Waals surface area contributed by atoms with Crippen LogP contribution in [0.5, 0.6) is 0 Å². The summed E-state index contributed by atoms with van der Waals surface area (Å²) in [5, 5.41) is 0. The molecule has 1 saturated carbocycles. The highest BCUT2D eigenvalue weighted by atomic mass is 28.4. The zero-order valence-corrected chi connectivity index (χ0v) is 27.7. The highest BCUT2D eigenvalue weighted by molar-refractivity contribution is 6.77. The molecule has 1 aromatic rings. The normalized spacial score (nSPS) is 27.4. The predicted octanol–water partition coefficient (Wildman–Crippen LogP) is 8.47. The molecule has 2 fully saturated rings. The molecule has 1 saturated heterocycles. The molecular formula is C33H55NO5Si. The first-order valence-corrected chi connectivity index (χ1v) is 17.4. The fourth-order valence-electron chi connectivity index (χ4n) is 7.66. The summed E-state index contributed by atoms with van der Waals surface area (Å²) in [5.74, 6) is 0.0733. The first kappa shape index (κ1) is 32.8. The Morgan fingerprint density at radius 1 is 1.10 bits per heavy atom. The average molecular weight is 574 g/mol. The van der Waals surface area contributed by atoms with E-state index < -0.39 is 25.7 Å². The maximum atomic E-state index is 13.9. The molecule has 2 aliphatic rings. The number of hydrogen-bond donors (Lipinski definition) is 0. The van der Waals surface area contributed by atoms with Gasteiger partial charge in [-0.1, -0.05) is 78.0 Å². The van der Waals surface area contributed by atoms with Gasteiger partial charge in [-0.3, -0.25) is 4.90 Å². The number of carbonyl (C=O) groups is 1. The second-order valence-electron chi connectivity index (χ2n) is 13.8. The minimum absolute atomic E-state index is 0.0380. The Balaban J connectivity index is 2.08. The molecule has 0 N–H and O–H groups in total. The fourth-order valence-corrected chi connectivity index (χ4v) is 13.3. The molecule has 1 aliphatic heterocycles. The van der Waals surface area contributed by atoms with E-state index in [4.69, 9.17) is 18.6 Å². The van der Waals surface area contributed by atoms with Crippen LogP contribution in [0.3, 0.4) is 0 Å². The minimum atomic E-state index is -2.15. The Labute approximate surface area is 244 Å². The molecule has 1 aromatic carbocycles. The van der Waals surface area contributed by atoms with Crippen LogP contribution in [0.2, 0.25) is 16.6 Å². The molecule has 0 aromatic heterocycles. The molecule has 40 heavy (non-hydrogen) atoms. The van der Waals surface area contributed by atoms with Gasteiger partial charge in [-0.2, -0.15) is 0 Å². The van der Waals surface area contributed by atoms with E-state index in [0.29, 0.717) is 29.7 Å². The Morgan fingerprint density at radius 2 is 1.70 bits per heavy atom. The van der Waals surface area contributed by atoms with Gasteiger partial charge in [0.05, 0.1) is 18.2 Å². The fraction of sp³-hybridized carbons (Fsp3) is 0.727. The van der Waals surface area contributed by atoms with Gasteiger partial charge in [-0.25, -0.2) is 4.79 Å². The quantitative estimate of drug-likeness (QED) is 0.196. The second-order valence-corrected chi connectivity index (χ2v) is 19.2. The molecule has 1 amide bonds. The molecule has 6 nitrogen and oxygen atoms in total. The lowest BCUT2D eigenvalue weighted by molar-refractivity contribution is -0.235. The molecule has 0 radical (unpaired) electrons. The summed E-state index contributed by atoms with van der Waals surface area (Å²) in [4.78, 5) is 15.7. The van der Waals surface area contributed by atoms with E-state index in [1.54, 1.807) is 7.11 Å². The summed E-state index contributed by atoms with van der Waals surface area (Å²) >= 11 is 0. The van der Waals surface area contributed by atoms with Crippen LogP contribution in [-0.2, 0) is 25.2 Å². The Bertz CT molecular complexity index is 953. The van der Waals surface area contributed by atoms with Gasteiger partial charge in [0.25, 0.3) is 0 Å². The van der Waals surface area contributed by atoms with Crippen LogP contribution in [-0.4, -0.2) is 56.0 Å². The van der Waals surface area contributed by atoms with Gasteiger partial charge >= 0.3 is 6.09 Å². The second kappa shape index (κ2) is 13.1. The molecule has 1 unspecified atom stereocenters. The van der Waals surface area contributed by atoms with Crippen molar-refractivity contribution in [1.82, 2.24) is 4.90 Å². The largest absolute Gasteiger partial charge is 0.444 e. The van der Waals surface area contributed by atoms with Crippen LogP contribution in [0.15, 0.2) is 43.0 Å². The zero-order chi connectivity index (χ0) is 29.9. The highest BCUT2D eigenvalue weighted by Crippen LogP contribution is 2.53. The van der Waals surface area contributed by atoms with E-state index in [-0.39, 0.29) is 24.2 Å². The minimum Gasteiger partial charge on any atom is -0.444 e. The number of likely N-dealkylation sites (tertiary alicyclic amines) is 1. The number of methoxy groups -OCH3 is 1. The van der Waals surface area contributed by atoms with E-state index in [2.05, 4.69) is 60.3 Å². The SMILES string of the molecule is C=CC[C@]12CC[C@@H](O[Si](C(C)C)(C(C)C)C(C)C)[C@H](C1)[C@H](OCc1ccccc1)C(OC)N2C(=O)OC(C)(C)C. The van der Waals surface area contributed by atoms with Crippen LogP contribution in [0, 0.1) is 5.92 Å². The zero-order valence-electron chi connectivity index (χ0n) is 26.7. The van der Waals surface area contributed by atoms with Crippen molar-refractivity contribution in [3.05, 3.63) is 48.6 Å². The third-order valence-electron chi connectivity index (χ3n) is 9.16. The molecule has 1 aliphatic carbocycles. The molecule has 5 atom stereocenters. The van der Waals surface area contributed by atoms with Crippen molar-refractivity contribution in [3.8, 4) is 0 Å².